The SMILES string of the molecule is O=C(CN1CCCCC1=O)NCCc1ccc2c(c1)OCO2. The highest BCUT2D eigenvalue weighted by Crippen LogP contribution is 2.32. The summed E-state index contributed by atoms with van der Waals surface area (Å²) in [5.41, 5.74) is 1.08. The zero-order valence-electron chi connectivity index (χ0n) is 12.5. The highest BCUT2D eigenvalue weighted by molar-refractivity contribution is 5.85. The van der Waals surface area contributed by atoms with E-state index in [4.69, 9.17) is 9.47 Å². The zero-order chi connectivity index (χ0) is 15.4. The molecule has 0 atom stereocenters. The molecule has 2 heterocycles. The Morgan fingerprint density at radius 3 is 2.95 bits per heavy atom. The van der Waals surface area contributed by atoms with Crippen molar-refractivity contribution >= 4 is 11.8 Å². The molecule has 3 rings (SSSR count). The van der Waals surface area contributed by atoms with Gasteiger partial charge in [-0.3, -0.25) is 9.59 Å². The number of rotatable bonds is 5. The summed E-state index contributed by atoms with van der Waals surface area (Å²) in [6.45, 7) is 1.66. The van der Waals surface area contributed by atoms with E-state index in [-0.39, 0.29) is 25.2 Å². The number of amides is 2. The van der Waals surface area contributed by atoms with Crippen LogP contribution in [0.1, 0.15) is 24.8 Å². The number of fused-ring (bicyclic) bond motifs is 1. The van der Waals surface area contributed by atoms with Crippen LogP contribution in [0.4, 0.5) is 0 Å². The van der Waals surface area contributed by atoms with Gasteiger partial charge in [-0.05, 0) is 37.0 Å². The lowest BCUT2D eigenvalue weighted by atomic mass is 10.1. The lowest BCUT2D eigenvalue weighted by Gasteiger charge is -2.25. The second-order valence-electron chi connectivity index (χ2n) is 5.56. The molecule has 1 aromatic carbocycles. The summed E-state index contributed by atoms with van der Waals surface area (Å²) in [6.07, 6.45) is 3.19. The predicted octanol–water partition coefficient (Wildman–Crippen LogP) is 1.09. The van der Waals surface area contributed by atoms with E-state index in [9.17, 15) is 9.59 Å². The van der Waals surface area contributed by atoms with E-state index < -0.39 is 0 Å². The third kappa shape index (κ3) is 3.50. The van der Waals surface area contributed by atoms with Crippen molar-refractivity contribution in [2.75, 3.05) is 26.4 Å². The molecule has 0 spiro atoms. The molecule has 2 aliphatic heterocycles. The van der Waals surface area contributed by atoms with Gasteiger partial charge in [0.2, 0.25) is 18.6 Å². The van der Waals surface area contributed by atoms with E-state index in [1.54, 1.807) is 4.90 Å². The Labute approximate surface area is 129 Å². The molecule has 6 heteroatoms. The molecule has 118 valence electrons. The van der Waals surface area contributed by atoms with Crippen molar-refractivity contribution in [3.05, 3.63) is 23.8 Å². The highest BCUT2D eigenvalue weighted by atomic mass is 16.7. The molecule has 0 radical (unpaired) electrons. The fraction of sp³-hybridized carbons (Fsp3) is 0.500. The Bertz CT molecular complexity index is 573. The summed E-state index contributed by atoms with van der Waals surface area (Å²) in [5, 5.41) is 2.86. The number of carbonyl (C=O) groups excluding carboxylic acids is 2. The quantitative estimate of drug-likeness (QED) is 0.884. The molecule has 0 saturated carbocycles. The molecule has 1 aromatic rings. The molecular weight excluding hydrogens is 284 g/mol. The van der Waals surface area contributed by atoms with Gasteiger partial charge in [-0.1, -0.05) is 6.07 Å². The number of benzene rings is 1. The molecular formula is C16H20N2O4. The first-order chi connectivity index (χ1) is 10.7. The lowest BCUT2D eigenvalue weighted by molar-refractivity contribution is -0.137. The molecule has 1 saturated heterocycles. The van der Waals surface area contributed by atoms with Crippen LogP contribution in [-0.4, -0.2) is 43.1 Å². The smallest absolute Gasteiger partial charge is 0.239 e. The minimum absolute atomic E-state index is 0.0807. The number of likely N-dealkylation sites (tertiary alicyclic amines) is 1. The first-order valence-electron chi connectivity index (χ1n) is 7.65. The van der Waals surface area contributed by atoms with Gasteiger partial charge in [-0.15, -0.1) is 0 Å². The van der Waals surface area contributed by atoms with Crippen LogP contribution < -0.4 is 14.8 Å². The van der Waals surface area contributed by atoms with E-state index in [0.717, 1.165) is 36.3 Å². The van der Waals surface area contributed by atoms with Crippen molar-refractivity contribution in [2.24, 2.45) is 0 Å². The number of ether oxygens (including phenoxy) is 2. The molecule has 6 nitrogen and oxygen atoms in total. The van der Waals surface area contributed by atoms with Gasteiger partial charge in [0.1, 0.15) is 0 Å². The Kier molecular flexibility index (Phi) is 4.46. The van der Waals surface area contributed by atoms with E-state index in [2.05, 4.69) is 5.32 Å². The standard InChI is InChI=1S/C16H20N2O4/c19-15(10-18-8-2-1-3-16(18)20)17-7-6-12-4-5-13-14(9-12)22-11-21-13/h4-5,9H,1-3,6-8,10-11H2,(H,17,19). The van der Waals surface area contributed by atoms with Crippen LogP contribution in [0.25, 0.3) is 0 Å². The van der Waals surface area contributed by atoms with Gasteiger partial charge >= 0.3 is 0 Å². The van der Waals surface area contributed by atoms with Gasteiger partial charge in [-0.25, -0.2) is 0 Å². The molecule has 0 aliphatic carbocycles. The van der Waals surface area contributed by atoms with Gasteiger partial charge in [0.15, 0.2) is 11.5 Å². The van der Waals surface area contributed by atoms with Crippen molar-refractivity contribution in [3.8, 4) is 11.5 Å². The maximum Gasteiger partial charge on any atom is 0.239 e. The summed E-state index contributed by atoms with van der Waals surface area (Å²) < 4.78 is 10.6. The number of nitrogens with zero attached hydrogens (tertiary/aromatic N) is 1. The lowest BCUT2D eigenvalue weighted by Crippen LogP contribution is -2.43. The average Bonchev–Trinajstić information content (AvgIpc) is 2.97. The number of nitrogens with one attached hydrogen (secondary N) is 1. The van der Waals surface area contributed by atoms with Crippen molar-refractivity contribution in [2.45, 2.75) is 25.7 Å². The maximum atomic E-state index is 11.9. The first kappa shape index (κ1) is 14.7. The Balaban J connectivity index is 1.42. The number of carbonyl (C=O) groups is 2. The molecule has 0 bridgehead atoms. The monoisotopic (exact) mass is 304 g/mol. The molecule has 2 aliphatic rings. The van der Waals surface area contributed by atoms with E-state index in [1.807, 2.05) is 18.2 Å². The summed E-state index contributed by atoms with van der Waals surface area (Å²) in [5.74, 6) is 1.49. The molecule has 1 N–H and O–H groups in total. The van der Waals surface area contributed by atoms with Crippen LogP contribution in [0.3, 0.4) is 0 Å². The van der Waals surface area contributed by atoms with Crippen molar-refractivity contribution in [1.29, 1.82) is 0 Å². The Morgan fingerprint density at radius 2 is 2.09 bits per heavy atom. The zero-order valence-corrected chi connectivity index (χ0v) is 12.5. The van der Waals surface area contributed by atoms with Crippen molar-refractivity contribution in [1.82, 2.24) is 10.2 Å². The summed E-state index contributed by atoms with van der Waals surface area (Å²) in [4.78, 5) is 25.2. The van der Waals surface area contributed by atoms with Gasteiger partial charge in [0.05, 0.1) is 6.54 Å². The number of hydrogen-bond donors (Lipinski definition) is 1. The number of hydrogen-bond acceptors (Lipinski definition) is 4. The molecule has 0 unspecified atom stereocenters. The fourth-order valence-corrected chi connectivity index (χ4v) is 2.70. The van der Waals surface area contributed by atoms with E-state index in [0.29, 0.717) is 19.5 Å². The van der Waals surface area contributed by atoms with Crippen LogP contribution in [0, 0.1) is 0 Å². The van der Waals surface area contributed by atoms with E-state index >= 15 is 0 Å². The second-order valence-corrected chi connectivity index (χ2v) is 5.56. The molecule has 1 fully saturated rings. The third-order valence-electron chi connectivity index (χ3n) is 3.93. The second kappa shape index (κ2) is 6.68. The topological polar surface area (TPSA) is 67.9 Å². The van der Waals surface area contributed by atoms with Crippen LogP contribution >= 0.6 is 0 Å². The first-order valence-corrected chi connectivity index (χ1v) is 7.65. The van der Waals surface area contributed by atoms with Gasteiger partial charge in [0, 0.05) is 19.5 Å². The van der Waals surface area contributed by atoms with Crippen LogP contribution in [0.15, 0.2) is 18.2 Å². The van der Waals surface area contributed by atoms with Crippen LogP contribution in [-0.2, 0) is 16.0 Å². The van der Waals surface area contributed by atoms with Gasteiger partial charge < -0.3 is 19.7 Å². The van der Waals surface area contributed by atoms with Gasteiger partial charge in [-0.2, -0.15) is 0 Å². The van der Waals surface area contributed by atoms with Crippen molar-refractivity contribution < 1.29 is 19.1 Å². The highest BCUT2D eigenvalue weighted by Gasteiger charge is 2.20. The minimum atomic E-state index is -0.101. The Hall–Kier alpha value is -2.24. The minimum Gasteiger partial charge on any atom is -0.454 e. The fourth-order valence-electron chi connectivity index (χ4n) is 2.70. The Morgan fingerprint density at radius 1 is 1.23 bits per heavy atom. The van der Waals surface area contributed by atoms with E-state index in [1.165, 1.54) is 0 Å². The maximum absolute atomic E-state index is 11.9. The average molecular weight is 304 g/mol. The summed E-state index contributed by atoms with van der Waals surface area (Å²) >= 11 is 0. The molecule has 22 heavy (non-hydrogen) atoms. The molecule has 2 amide bonds. The normalized spacial score (nSPS) is 16.7. The molecule has 0 aromatic heterocycles. The number of piperidine rings is 1. The largest absolute Gasteiger partial charge is 0.454 e. The van der Waals surface area contributed by atoms with Crippen LogP contribution in [0.2, 0.25) is 0 Å². The third-order valence-corrected chi connectivity index (χ3v) is 3.93. The van der Waals surface area contributed by atoms with Crippen LogP contribution in [0.5, 0.6) is 11.5 Å². The van der Waals surface area contributed by atoms with Gasteiger partial charge in [0.25, 0.3) is 0 Å². The predicted molar refractivity (Wildman–Crippen MR) is 79.7 cm³/mol. The summed E-state index contributed by atoms with van der Waals surface area (Å²) in [7, 11) is 0. The van der Waals surface area contributed by atoms with Crippen molar-refractivity contribution in [3.63, 3.8) is 0 Å². The summed E-state index contributed by atoms with van der Waals surface area (Å²) in [6, 6.07) is 5.78.